The van der Waals surface area contributed by atoms with Crippen LogP contribution in [0.15, 0.2) is 35.1 Å². The number of nitrogens with zero attached hydrogens (tertiary/aromatic N) is 2. The molecule has 5 heteroatoms. The van der Waals surface area contributed by atoms with Gasteiger partial charge in [0, 0.05) is 35.0 Å². The van der Waals surface area contributed by atoms with Crippen molar-refractivity contribution in [3.05, 3.63) is 57.0 Å². The molecule has 0 aliphatic carbocycles. The van der Waals surface area contributed by atoms with Crippen molar-refractivity contribution in [2.75, 3.05) is 0 Å². The van der Waals surface area contributed by atoms with Gasteiger partial charge in [-0.2, -0.15) is 0 Å². The van der Waals surface area contributed by atoms with Crippen LogP contribution in [0.5, 0.6) is 0 Å². The van der Waals surface area contributed by atoms with E-state index in [0.29, 0.717) is 13.1 Å². The van der Waals surface area contributed by atoms with Crippen molar-refractivity contribution in [3.8, 4) is 0 Å². The molecule has 0 saturated carbocycles. The molecule has 0 spiro atoms. The van der Waals surface area contributed by atoms with Crippen molar-refractivity contribution in [1.29, 1.82) is 0 Å². The summed E-state index contributed by atoms with van der Waals surface area (Å²) in [6.45, 7) is 3.31. The summed E-state index contributed by atoms with van der Waals surface area (Å²) in [6, 6.07) is 5.87. The van der Waals surface area contributed by atoms with Gasteiger partial charge in [-0.05, 0) is 24.6 Å². The zero-order valence-electron chi connectivity index (χ0n) is 9.95. The van der Waals surface area contributed by atoms with Gasteiger partial charge in [0.2, 0.25) is 0 Å². The van der Waals surface area contributed by atoms with E-state index in [1.165, 1.54) is 0 Å². The molecule has 0 fully saturated rings. The van der Waals surface area contributed by atoms with Crippen molar-refractivity contribution in [3.63, 3.8) is 0 Å². The maximum atomic E-state index is 6.13. The average molecular weight is 327 g/mol. The topological polar surface area (TPSA) is 37.8 Å². The van der Waals surface area contributed by atoms with E-state index < -0.39 is 0 Å². The molecule has 0 saturated heterocycles. The summed E-state index contributed by atoms with van der Waals surface area (Å²) in [7, 11) is 0. The molecule has 1 aromatic heterocycles. The molecule has 0 aliphatic rings. The third-order valence-corrected chi connectivity index (χ3v) is 3.32. The number of hydrogen-bond donors (Lipinski definition) is 1. The van der Waals surface area contributed by atoms with Gasteiger partial charge in [-0.3, -0.25) is 9.97 Å². The highest BCUT2D eigenvalue weighted by Gasteiger charge is 2.01. The third-order valence-electron chi connectivity index (χ3n) is 2.47. The second kappa shape index (κ2) is 6.27. The Labute approximate surface area is 120 Å². The van der Waals surface area contributed by atoms with E-state index in [9.17, 15) is 0 Å². The van der Waals surface area contributed by atoms with Gasteiger partial charge >= 0.3 is 0 Å². The van der Waals surface area contributed by atoms with Gasteiger partial charge < -0.3 is 5.32 Å². The van der Waals surface area contributed by atoms with Gasteiger partial charge in [-0.1, -0.05) is 33.6 Å². The summed E-state index contributed by atoms with van der Waals surface area (Å²) in [4.78, 5) is 8.48. The summed E-state index contributed by atoms with van der Waals surface area (Å²) in [6.07, 6.45) is 3.55. The van der Waals surface area contributed by atoms with Gasteiger partial charge in [0.25, 0.3) is 0 Å². The van der Waals surface area contributed by atoms with Crippen molar-refractivity contribution in [2.45, 2.75) is 20.0 Å². The molecule has 0 amide bonds. The Bertz CT molecular complexity index is 528. The van der Waals surface area contributed by atoms with Crippen LogP contribution in [0.3, 0.4) is 0 Å². The van der Waals surface area contributed by atoms with E-state index in [2.05, 4.69) is 31.2 Å². The summed E-state index contributed by atoms with van der Waals surface area (Å²) in [5.41, 5.74) is 2.92. The average Bonchev–Trinajstić information content (AvgIpc) is 2.34. The molecule has 3 nitrogen and oxygen atoms in total. The smallest absolute Gasteiger partial charge is 0.0724 e. The Morgan fingerprint density at radius 3 is 2.72 bits per heavy atom. The molecule has 0 bridgehead atoms. The SMILES string of the molecule is Cc1cnc(CNCc2ccc(Br)cc2Cl)cn1. The van der Waals surface area contributed by atoms with Crippen LogP contribution in [0.4, 0.5) is 0 Å². The standard InChI is InChI=1S/C13H13BrClN3/c1-9-5-18-12(8-17-9)7-16-6-10-2-3-11(14)4-13(10)15/h2-5,8,16H,6-7H2,1H3. The molecule has 2 aromatic rings. The minimum absolute atomic E-state index is 0.680. The highest BCUT2D eigenvalue weighted by molar-refractivity contribution is 9.10. The Hall–Kier alpha value is -0.970. The van der Waals surface area contributed by atoms with E-state index in [1.807, 2.05) is 25.1 Å². The Balaban J connectivity index is 1.90. The molecule has 94 valence electrons. The van der Waals surface area contributed by atoms with Crippen LogP contribution < -0.4 is 5.32 Å². The lowest BCUT2D eigenvalue weighted by molar-refractivity contribution is 0.676. The quantitative estimate of drug-likeness (QED) is 0.934. The summed E-state index contributed by atoms with van der Waals surface area (Å²) >= 11 is 9.52. The number of nitrogens with one attached hydrogen (secondary N) is 1. The lowest BCUT2D eigenvalue weighted by atomic mass is 10.2. The first-order valence-electron chi connectivity index (χ1n) is 5.57. The molecule has 18 heavy (non-hydrogen) atoms. The number of rotatable bonds is 4. The van der Waals surface area contributed by atoms with Crippen LogP contribution in [-0.2, 0) is 13.1 Å². The predicted octanol–water partition coefficient (Wildman–Crippen LogP) is 3.49. The molecule has 0 aliphatic heterocycles. The monoisotopic (exact) mass is 325 g/mol. The zero-order chi connectivity index (χ0) is 13.0. The van der Waals surface area contributed by atoms with Gasteiger partial charge in [0.05, 0.1) is 11.4 Å². The second-order valence-electron chi connectivity index (χ2n) is 3.99. The van der Waals surface area contributed by atoms with Crippen molar-refractivity contribution < 1.29 is 0 Å². The number of benzene rings is 1. The van der Waals surface area contributed by atoms with Crippen LogP contribution in [0.2, 0.25) is 5.02 Å². The van der Waals surface area contributed by atoms with Crippen LogP contribution in [0.1, 0.15) is 17.0 Å². The highest BCUT2D eigenvalue weighted by atomic mass is 79.9. The number of aromatic nitrogens is 2. The maximum Gasteiger partial charge on any atom is 0.0724 e. The largest absolute Gasteiger partial charge is 0.307 e. The second-order valence-corrected chi connectivity index (χ2v) is 5.31. The lowest BCUT2D eigenvalue weighted by Gasteiger charge is -2.06. The first-order valence-corrected chi connectivity index (χ1v) is 6.74. The Morgan fingerprint density at radius 2 is 2.06 bits per heavy atom. The Kier molecular flexibility index (Phi) is 4.69. The normalized spacial score (nSPS) is 10.6. The first kappa shape index (κ1) is 13.5. The molecule has 0 atom stereocenters. The van der Waals surface area contributed by atoms with Crippen molar-refractivity contribution in [1.82, 2.24) is 15.3 Å². The maximum absolute atomic E-state index is 6.13. The van der Waals surface area contributed by atoms with Crippen LogP contribution in [0.25, 0.3) is 0 Å². The highest BCUT2D eigenvalue weighted by Crippen LogP contribution is 2.21. The van der Waals surface area contributed by atoms with Crippen molar-refractivity contribution in [2.24, 2.45) is 0 Å². The van der Waals surface area contributed by atoms with E-state index >= 15 is 0 Å². The molecule has 2 rings (SSSR count). The van der Waals surface area contributed by atoms with Crippen LogP contribution in [-0.4, -0.2) is 9.97 Å². The third kappa shape index (κ3) is 3.77. The molecule has 0 radical (unpaired) electrons. The van der Waals surface area contributed by atoms with Crippen LogP contribution >= 0.6 is 27.5 Å². The minimum atomic E-state index is 0.680. The number of aryl methyl sites for hydroxylation is 1. The zero-order valence-corrected chi connectivity index (χ0v) is 12.3. The molecule has 1 heterocycles. The molecular weight excluding hydrogens is 314 g/mol. The fourth-order valence-corrected chi connectivity index (χ4v) is 2.24. The summed E-state index contributed by atoms with van der Waals surface area (Å²) in [5, 5.41) is 4.05. The minimum Gasteiger partial charge on any atom is -0.307 e. The molecular formula is C13H13BrClN3. The summed E-state index contributed by atoms with van der Waals surface area (Å²) < 4.78 is 0.987. The fourth-order valence-electron chi connectivity index (χ4n) is 1.50. The van der Waals surface area contributed by atoms with E-state index in [0.717, 1.165) is 26.4 Å². The van der Waals surface area contributed by atoms with Gasteiger partial charge in [-0.25, -0.2) is 0 Å². The van der Waals surface area contributed by atoms with E-state index in [4.69, 9.17) is 11.6 Å². The van der Waals surface area contributed by atoms with Gasteiger partial charge in [0.1, 0.15) is 0 Å². The van der Waals surface area contributed by atoms with Gasteiger partial charge in [0.15, 0.2) is 0 Å². The van der Waals surface area contributed by atoms with Crippen LogP contribution in [0, 0.1) is 6.92 Å². The fraction of sp³-hybridized carbons (Fsp3) is 0.231. The van der Waals surface area contributed by atoms with E-state index in [-0.39, 0.29) is 0 Å². The molecule has 1 aromatic carbocycles. The number of hydrogen-bond acceptors (Lipinski definition) is 3. The number of halogens is 2. The molecule has 0 unspecified atom stereocenters. The molecule has 1 N–H and O–H groups in total. The van der Waals surface area contributed by atoms with E-state index in [1.54, 1.807) is 12.4 Å². The van der Waals surface area contributed by atoms with Gasteiger partial charge in [-0.15, -0.1) is 0 Å². The van der Waals surface area contributed by atoms with Crippen molar-refractivity contribution >= 4 is 27.5 Å². The summed E-state index contributed by atoms with van der Waals surface area (Å²) in [5.74, 6) is 0. The Morgan fingerprint density at radius 1 is 1.22 bits per heavy atom. The predicted molar refractivity (Wildman–Crippen MR) is 76.5 cm³/mol. The lowest BCUT2D eigenvalue weighted by Crippen LogP contribution is -2.14. The first-order chi connectivity index (χ1) is 8.65.